The molecule has 142 valence electrons. The van der Waals surface area contributed by atoms with E-state index in [-0.39, 0.29) is 5.54 Å². The average molecular weight is 369 g/mol. The van der Waals surface area contributed by atoms with Crippen molar-refractivity contribution < 1.29 is 0 Å². The Hall–Kier alpha value is -2.58. The quantitative estimate of drug-likeness (QED) is 0.558. The molecule has 5 rings (SSSR count). The van der Waals surface area contributed by atoms with Gasteiger partial charge in [-0.05, 0) is 56.0 Å². The third-order valence-electron chi connectivity index (χ3n) is 7.05. The average Bonchev–Trinajstić information content (AvgIpc) is 3.15. The van der Waals surface area contributed by atoms with Crippen molar-refractivity contribution >= 4 is 5.69 Å². The van der Waals surface area contributed by atoms with E-state index in [1.807, 2.05) is 0 Å². The van der Waals surface area contributed by atoms with Gasteiger partial charge in [-0.1, -0.05) is 72.8 Å². The summed E-state index contributed by atoms with van der Waals surface area (Å²) in [5, 5.41) is 0. The molecule has 1 saturated heterocycles. The van der Waals surface area contributed by atoms with Crippen LogP contribution in [-0.2, 0) is 5.54 Å². The normalized spacial score (nSPS) is 29.0. The van der Waals surface area contributed by atoms with E-state index in [1.54, 1.807) is 0 Å². The summed E-state index contributed by atoms with van der Waals surface area (Å²) < 4.78 is 0. The molecule has 2 heteroatoms. The van der Waals surface area contributed by atoms with Gasteiger partial charge in [0.25, 0.3) is 0 Å². The van der Waals surface area contributed by atoms with Crippen molar-refractivity contribution in [1.29, 1.82) is 0 Å². The van der Waals surface area contributed by atoms with E-state index in [0.717, 1.165) is 0 Å². The predicted octanol–water partition coefficient (Wildman–Crippen LogP) is 5.87. The Bertz CT molecular complexity index is 1010. The first-order chi connectivity index (χ1) is 13.5. The highest BCUT2D eigenvalue weighted by molar-refractivity contribution is 5.59. The first-order valence-electron chi connectivity index (χ1n) is 10.3. The number of fused-ring (bicyclic) bond motifs is 3. The molecule has 3 aromatic carbocycles. The molecule has 2 aliphatic heterocycles. The molecule has 2 nitrogen and oxygen atoms in total. The molecule has 0 aromatic heterocycles. The molecular formula is C26H28N2. The molecule has 1 fully saturated rings. The number of anilines is 1. The summed E-state index contributed by atoms with van der Waals surface area (Å²) in [5.41, 5.74) is 6.87. The number of rotatable bonds is 2. The molecule has 2 heterocycles. The van der Waals surface area contributed by atoms with Crippen molar-refractivity contribution in [3.63, 3.8) is 0 Å². The van der Waals surface area contributed by atoms with Crippen LogP contribution in [-0.4, -0.2) is 17.1 Å². The molecule has 0 aliphatic carbocycles. The Labute approximate surface area is 168 Å². The van der Waals surface area contributed by atoms with Gasteiger partial charge >= 0.3 is 0 Å². The van der Waals surface area contributed by atoms with Crippen molar-refractivity contribution in [2.24, 2.45) is 0 Å². The third kappa shape index (κ3) is 2.18. The van der Waals surface area contributed by atoms with E-state index < -0.39 is 0 Å². The summed E-state index contributed by atoms with van der Waals surface area (Å²) in [7, 11) is 0. The minimum absolute atomic E-state index is 0.131. The van der Waals surface area contributed by atoms with E-state index in [9.17, 15) is 0 Å². The summed E-state index contributed by atoms with van der Waals surface area (Å²) in [6.07, 6.45) is 0.304. The van der Waals surface area contributed by atoms with Crippen molar-refractivity contribution in [3.05, 3.63) is 101 Å². The second-order valence-electron chi connectivity index (χ2n) is 8.44. The van der Waals surface area contributed by atoms with Gasteiger partial charge in [0.2, 0.25) is 0 Å². The van der Waals surface area contributed by atoms with Gasteiger partial charge in [0, 0.05) is 11.7 Å². The van der Waals surface area contributed by atoms with Crippen LogP contribution in [0.15, 0.2) is 78.9 Å². The van der Waals surface area contributed by atoms with Crippen LogP contribution in [0.5, 0.6) is 0 Å². The van der Waals surface area contributed by atoms with Crippen molar-refractivity contribution in [1.82, 2.24) is 4.90 Å². The lowest BCUT2D eigenvalue weighted by atomic mass is 9.84. The van der Waals surface area contributed by atoms with Gasteiger partial charge in [-0.3, -0.25) is 4.90 Å². The summed E-state index contributed by atoms with van der Waals surface area (Å²) in [4.78, 5) is 5.36. The Morgan fingerprint density at radius 3 is 2.18 bits per heavy atom. The molecule has 0 radical (unpaired) electrons. The van der Waals surface area contributed by atoms with Gasteiger partial charge in [0.1, 0.15) is 0 Å². The van der Waals surface area contributed by atoms with E-state index in [0.29, 0.717) is 18.2 Å². The fourth-order valence-electron chi connectivity index (χ4n) is 5.83. The Kier molecular flexibility index (Phi) is 3.89. The monoisotopic (exact) mass is 368 g/mol. The number of hydrogen-bond acceptors (Lipinski definition) is 2. The molecule has 3 unspecified atom stereocenters. The summed E-state index contributed by atoms with van der Waals surface area (Å²) in [6.45, 7) is 9.39. The van der Waals surface area contributed by atoms with Crippen LogP contribution in [0, 0.1) is 6.92 Å². The fraction of sp³-hybridized carbons (Fsp3) is 0.308. The number of nitrogens with zero attached hydrogens (tertiary/aromatic N) is 2. The van der Waals surface area contributed by atoms with Crippen molar-refractivity contribution in [3.8, 4) is 0 Å². The highest BCUT2D eigenvalue weighted by Crippen LogP contribution is 2.57. The first-order valence-corrected chi connectivity index (χ1v) is 10.3. The molecule has 28 heavy (non-hydrogen) atoms. The van der Waals surface area contributed by atoms with Gasteiger partial charge in [-0.25, -0.2) is 0 Å². The highest BCUT2D eigenvalue weighted by Gasteiger charge is 2.57. The summed E-state index contributed by atoms with van der Waals surface area (Å²) in [6, 6.07) is 29.7. The van der Waals surface area contributed by atoms with Gasteiger partial charge in [0.15, 0.2) is 0 Å². The maximum Gasteiger partial charge on any atom is 0.0811 e. The van der Waals surface area contributed by atoms with Crippen LogP contribution < -0.4 is 4.90 Å². The summed E-state index contributed by atoms with van der Waals surface area (Å²) >= 11 is 0. The molecule has 0 spiro atoms. The van der Waals surface area contributed by atoms with Gasteiger partial charge in [-0.2, -0.15) is 0 Å². The zero-order valence-corrected chi connectivity index (χ0v) is 17.1. The van der Waals surface area contributed by atoms with Crippen LogP contribution in [0.1, 0.15) is 49.1 Å². The first kappa shape index (κ1) is 17.5. The lowest BCUT2D eigenvalue weighted by molar-refractivity contribution is 0.109. The number of para-hydroxylation sites is 1. The Balaban J connectivity index is 1.72. The lowest BCUT2D eigenvalue weighted by Crippen LogP contribution is -2.47. The largest absolute Gasteiger partial charge is 0.351 e. The van der Waals surface area contributed by atoms with E-state index in [2.05, 4.69) is 116 Å². The van der Waals surface area contributed by atoms with E-state index in [1.165, 1.54) is 27.9 Å². The van der Waals surface area contributed by atoms with Crippen molar-refractivity contribution in [2.75, 3.05) is 4.90 Å². The number of aryl methyl sites for hydroxylation is 1. The Morgan fingerprint density at radius 1 is 0.786 bits per heavy atom. The smallest absolute Gasteiger partial charge is 0.0811 e. The molecule has 0 saturated carbocycles. The van der Waals surface area contributed by atoms with Gasteiger partial charge in [-0.15, -0.1) is 0 Å². The maximum absolute atomic E-state index is 2.74. The Morgan fingerprint density at radius 2 is 1.43 bits per heavy atom. The zero-order valence-electron chi connectivity index (χ0n) is 17.1. The SMILES string of the molecule is Cc1ccccc1N1C(C)N2C(c3ccccc3C2(C)c2ccccc2)[C@@H]1C. The van der Waals surface area contributed by atoms with Crippen LogP contribution in [0.3, 0.4) is 0 Å². The van der Waals surface area contributed by atoms with Crippen LogP contribution in [0.25, 0.3) is 0 Å². The molecule has 3 aromatic rings. The van der Waals surface area contributed by atoms with E-state index >= 15 is 0 Å². The molecule has 4 atom stereocenters. The molecule has 0 N–H and O–H groups in total. The van der Waals surface area contributed by atoms with Gasteiger partial charge < -0.3 is 4.90 Å². The minimum Gasteiger partial charge on any atom is -0.351 e. The lowest BCUT2D eigenvalue weighted by Gasteiger charge is -2.41. The second-order valence-corrected chi connectivity index (χ2v) is 8.44. The number of benzene rings is 3. The summed E-state index contributed by atoms with van der Waals surface area (Å²) in [5.74, 6) is 0. The molecule has 2 aliphatic rings. The van der Waals surface area contributed by atoms with Gasteiger partial charge in [0.05, 0.1) is 17.7 Å². The molecular weight excluding hydrogens is 340 g/mol. The van der Waals surface area contributed by atoms with E-state index in [4.69, 9.17) is 0 Å². The topological polar surface area (TPSA) is 6.48 Å². The maximum atomic E-state index is 2.74. The van der Waals surface area contributed by atoms with Crippen molar-refractivity contribution in [2.45, 2.75) is 51.5 Å². The van der Waals surface area contributed by atoms with Crippen LogP contribution in [0.2, 0.25) is 0 Å². The molecule has 0 bridgehead atoms. The van der Waals surface area contributed by atoms with Crippen LogP contribution in [0.4, 0.5) is 5.69 Å². The predicted molar refractivity (Wildman–Crippen MR) is 117 cm³/mol. The standard InChI is InChI=1S/C26H28N2/c1-18-12-8-11-17-24(18)27-19(2)25-22-15-9-10-16-23(22)26(4,28(25)20(27)3)21-13-6-5-7-14-21/h5-17,19-20,25H,1-4H3/t19-,20?,25?,26?/m0/s1. The molecule has 0 amide bonds. The second kappa shape index (κ2) is 6.22. The minimum atomic E-state index is -0.131. The third-order valence-corrected chi connectivity index (χ3v) is 7.05. The zero-order chi connectivity index (χ0) is 19.5. The fourth-order valence-corrected chi connectivity index (χ4v) is 5.83. The number of hydrogen-bond donors (Lipinski definition) is 0. The van der Waals surface area contributed by atoms with Crippen LogP contribution >= 0.6 is 0 Å². The highest BCUT2D eigenvalue weighted by atomic mass is 15.5.